The molecule has 1 saturated heterocycles. The van der Waals surface area contributed by atoms with E-state index in [1.165, 1.54) is 36.1 Å². The number of aromatic nitrogens is 1. The number of hydrogen-bond donors (Lipinski definition) is 2. The summed E-state index contributed by atoms with van der Waals surface area (Å²) in [5.74, 6) is 1.49. The molecule has 7 heteroatoms. The molecule has 1 aliphatic rings. The Bertz CT molecular complexity index is 507. The summed E-state index contributed by atoms with van der Waals surface area (Å²) in [6.07, 6.45) is 2.88. The van der Waals surface area contributed by atoms with E-state index in [1.54, 1.807) is 11.3 Å². The Kier molecular flexibility index (Phi) is 7.94. The first-order valence-electron chi connectivity index (χ1n) is 8.83. The van der Waals surface area contributed by atoms with Crippen molar-refractivity contribution < 1.29 is 0 Å². The van der Waals surface area contributed by atoms with Crippen molar-refractivity contribution in [3.63, 3.8) is 0 Å². The second-order valence-electron chi connectivity index (χ2n) is 6.70. The molecule has 0 amide bonds. The van der Waals surface area contributed by atoms with Crippen molar-refractivity contribution in [1.82, 2.24) is 25.4 Å². The molecule has 0 spiro atoms. The molecule has 1 aromatic heterocycles. The second kappa shape index (κ2) is 9.96. The minimum absolute atomic E-state index is 0.605. The first-order chi connectivity index (χ1) is 11.6. The predicted octanol–water partition coefficient (Wildman–Crippen LogP) is 1.04. The summed E-state index contributed by atoms with van der Waals surface area (Å²) in [6.45, 7) is 12.1. The van der Waals surface area contributed by atoms with Crippen LogP contribution in [-0.4, -0.2) is 80.7 Å². The minimum atomic E-state index is 0.605. The van der Waals surface area contributed by atoms with Crippen molar-refractivity contribution >= 4 is 17.3 Å². The van der Waals surface area contributed by atoms with E-state index in [9.17, 15) is 0 Å². The Hall–Kier alpha value is -1.18. The lowest BCUT2D eigenvalue weighted by molar-refractivity contribution is 0.139. The summed E-state index contributed by atoms with van der Waals surface area (Å²) in [5.41, 5.74) is 0. The smallest absolute Gasteiger partial charge is 0.190 e. The van der Waals surface area contributed by atoms with Gasteiger partial charge in [-0.1, -0.05) is 6.92 Å². The Labute approximate surface area is 150 Å². The zero-order chi connectivity index (χ0) is 17.4. The standard InChI is InChI=1S/C17H32N6S/c1-14(13-23-9-7-22(4)8-10-23)11-21-17(18-3)19-6-5-16-20-12-15(2)24-16/h12,14H,5-11,13H2,1-4H3,(H2,18,19,21). The van der Waals surface area contributed by atoms with Gasteiger partial charge in [-0.15, -0.1) is 11.3 Å². The van der Waals surface area contributed by atoms with Crippen LogP contribution in [0.5, 0.6) is 0 Å². The monoisotopic (exact) mass is 352 g/mol. The molecule has 0 aliphatic carbocycles. The van der Waals surface area contributed by atoms with E-state index in [4.69, 9.17) is 0 Å². The molecule has 0 bridgehead atoms. The number of hydrogen-bond acceptors (Lipinski definition) is 5. The molecule has 1 aliphatic heterocycles. The van der Waals surface area contributed by atoms with E-state index in [-0.39, 0.29) is 0 Å². The highest BCUT2D eigenvalue weighted by Crippen LogP contribution is 2.10. The average Bonchev–Trinajstić information content (AvgIpc) is 2.98. The van der Waals surface area contributed by atoms with E-state index < -0.39 is 0 Å². The van der Waals surface area contributed by atoms with Gasteiger partial charge in [0, 0.05) is 70.4 Å². The largest absolute Gasteiger partial charge is 0.356 e. The van der Waals surface area contributed by atoms with E-state index in [0.717, 1.165) is 32.0 Å². The summed E-state index contributed by atoms with van der Waals surface area (Å²) < 4.78 is 0. The zero-order valence-corrected chi connectivity index (χ0v) is 16.3. The molecule has 2 N–H and O–H groups in total. The summed E-state index contributed by atoms with van der Waals surface area (Å²) in [6, 6.07) is 0. The number of likely N-dealkylation sites (N-methyl/N-ethyl adjacent to an activating group) is 1. The first kappa shape index (κ1) is 19.1. The van der Waals surface area contributed by atoms with Gasteiger partial charge in [0.1, 0.15) is 0 Å². The Morgan fingerprint density at radius 1 is 1.33 bits per heavy atom. The molecule has 1 atom stereocenters. The van der Waals surface area contributed by atoms with Crippen LogP contribution in [0.4, 0.5) is 0 Å². The van der Waals surface area contributed by atoms with Crippen LogP contribution in [0.15, 0.2) is 11.2 Å². The Balaban J connectivity index is 1.61. The fourth-order valence-electron chi connectivity index (χ4n) is 2.83. The van der Waals surface area contributed by atoms with Crippen molar-refractivity contribution in [3.8, 4) is 0 Å². The molecule has 1 aromatic rings. The highest BCUT2D eigenvalue weighted by Gasteiger charge is 2.16. The summed E-state index contributed by atoms with van der Waals surface area (Å²) in [7, 11) is 4.03. The van der Waals surface area contributed by atoms with Gasteiger partial charge >= 0.3 is 0 Å². The molecule has 1 fully saturated rings. The van der Waals surface area contributed by atoms with Crippen molar-refractivity contribution in [3.05, 3.63) is 16.1 Å². The number of aryl methyl sites for hydroxylation is 1. The topological polar surface area (TPSA) is 55.8 Å². The van der Waals surface area contributed by atoms with Gasteiger partial charge in [0.05, 0.1) is 5.01 Å². The third-order valence-electron chi connectivity index (χ3n) is 4.31. The minimum Gasteiger partial charge on any atom is -0.356 e. The highest BCUT2D eigenvalue weighted by molar-refractivity contribution is 7.11. The number of thiazole rings is 1. The van der Waals surface area contributed by atoms with Crippen molar-refractivity contribution in [2.75, 3.05) is 59.9 Å². The van der Waals surface area contributed by atoms with E-state index in [1.807, 2.05) is 13.2 Å². The molecule has 24 heavy (non-hydrogen) atoms. The Morgan fingerprint density at radius 3 is 2.71 bits per heavy atom. The van der Waals surface area contributed by atoms with Crippen LogP contribution < -0.4 is 10.6 Å². The third-order valence-corrected chi connectivity index (χ3v) is 5.28. The van der Waals surface area contributed by atoms with Crippen LogP contribution in [0.25, 0.3) is 0 Å². The van der Waals surface area contributed by atoms with Gasteiger partial charge in [-0.2, -0.15) is 0 Å². The normalized spacial score (nSPS) is 18.6. The fraction of sp³-hybridized carbons (Fsp3) is 0.765. The van der Waals surface area contributed by atoms with Gasteiger partial charge in [0.15, 0.2) is 5.96 Å². The van der Waals surface area contributed by atoms with Crippen LogP contribution in [0.1, 0.15) is 16.8 Å². The maximum atomic E-state index is 4.39. The number of nitrogens with one attached hydrogen (secondary N) is 2. The van der Waals surface area contributed by atoms with Crippen LogP contribution in [0, 0.1) is 12.8 Å². The molecular formula is C17H32N6S. The molecule has 1 unspecified atom stereocenters. The maximum Gasteiger partial charge on any atom is 0.190 e. The van der Waals surface area contributed by atoms with Crippen LogP contribution >= 0.6 is 11.3 Å². The van der Waals surface area contributed by atoms with Crippen LogP contribution in [0.3, 0.4) is 0 Å². The number of rotatable bonds is 7. The van der Waals surface area contributed by atoms with Gasteiger partial charge in [-0.25, -0.2) is 4.98 Å². The molecule has 6 nitrogen and oxygen atoms in total. The van der Waals surface area contributed by atoms with E-state index >= 15 is 0 Å². The number of guanidine groups is 1. The van der Waals surface area contributed by atoms with Crippen LogP contribution in [0.2, 0.25) is 0 Å². The first-order valence-corrected chi connectivity index (χ1v) is 9.65. The molecule has 2 rings (SSSR count). The summed E-state index contributed by atoms with van der Waals surface area (Å²) in [5, 5.41) is 8.00. The van der Waals surface area contributed by atoms with Crippen molar-refractivity contribution in [2.45, 2.75) is 20.3 Å². The number of piperazine rings is 1. The van der Waals surface area contributed by atoms with Gasteiger partial charge in [-0.05, 0) is 19.9 Å². The molecule has 136 valence electrons. The van der Waals surface area contributed by atoms with Crippen molar-refractivity contribution in [1.29, 1.82) is 0 Å². The molecule has 2 heterocycles. The van der Waals surface area contributed by atoms with E-state index in [0.29, 0.717) is 5.92 Å². The molecular weight excluding hydrogens is 320 g/mol. The number of nitrogens with zero attached hydrogens (tertiary/aromatic N) is 4. The summed E-state index contributed by atoms with van der Waals surface area (Å²) in [4.78, 5) is 14.9. The van der Waals surface area contributed by atoms with E-state index in [2.05, 4.69) is 51.3 Å². The second-order valence-corrected chi connectivity index (χ2v) is 8.02. The quantitative estimate of drug-likeness (QED) is 0.567. The highest BCUT2D eigenvalue weighted by atomic mass is 32.1. The van der Waals surface area contributed by atoms with Gasteiger partial charge in [0.2, 0.25) is 0 Å². The predicted molar refractivity (Wildman–Crippen MR) is 103 cm³/mol. The van der Waals surface area contributed by atoms with Crippen LogP contribution in [-0.2, 0) is 6.42 Å². The SMILES string of the molecule is CN=C(NCCc1ncc(C)s1)NCC(C)CN1CCN(C)CC1. The zero-order valence-electron chi connectivity index (χ0n) is 15.5. The fourth-order valence-corrected chi connectivity index (χ4v) is 3.62. The lowest BCUT2D eigenvalue weighted by Crippen LogP contribution is -2.47. The summed E-state index contributed by atoms with van der Waals surface area (Å²) >= 11 is 1.76. The lowest BCUT2D eigenvalue weighted by atomic mass is 10.1. The molecule has 0 saturated carbocycles. The third kappa shape index (κ3) is 6.75. The Morgan fingerprint density at radius 2 is 2.08 bits per heavy atom. The van der Waals surface area contributed by atoms with Crippen molar-refractivity contribution in [2.24, 2.45) is 10.9 Å². The average molecular weight is 353 g/mol. The molecule has 0 radical (unpaired) electrons. The van der Waals surface area contributed by atoms with Gasteiger partial charge in [-0.3, -0.25) is 4.99 Å². The maximum absolute atomic E-state index is 4.39. The molecule has 0 aromatic carbocycles. The van der Waals surface area contributed by atoms with Gasteiger partial charge < -0.3 is 20.4 Å². The lowest BCUT2D eigenvalue weighted by Gasteiger charge is -2.34. The number of aliphatic imine (C=N–C) groups is 1. The van der Waals surface area contributed by atoms with Gasteiger partial charge in [0.25, 0.3) is 0 Å².